The van der Waals surface area contributed by atoms with Gasteiger partial charge in [-0.2, -0.15) is 0 Å². The SMILES string of the molecule is Cc1nc2ccccc2n1C[C@@H](O)COc1ccc(NC(=O)c2ccccc2)cc1. The molecular formula is C24H23N3O3. The van der Waals surface area contributed by atoms with Gasteiger partial charge >= 0.3 is 0 Å². The Morgan fingerprint density at radius 2 is 1.73 bits per heavy atom. The number of nitrogens with zero attached hydrogens (tertiary/aromatic N) is 2. The molecule has 6 nitrogen and oxygen atoms in total. The van der Waals surface area contributed by atoms with Crippen LogP contribution in [0.25, 0.3) is 11.0 Å². The summed E-state index contributed by atoms with van der Waals surface area (Å²) in [6, 6.07) is 24.0. The van der Waals surface area contributed by atoms with Gasteiger partial charge in [0, 0.05) is 11.3 Å². The number of anilines is 1. The summed E-state index contributed by atoms with van der Waals surface area (Å²) < 4.78 is 7.71. The van der Waals surface area contributed by atoms with Crippen molar-refractivity contribution in [1.82, 2.24) is 9.55 Å². The van der Waals surface area contributed by atoms with E-state index in [2.05, 4.69) is 10.3 Å². The maximum atomic E-state index is 12.2. The first-order chi connectivity index (χ1) is 14.6. The zero-order chi connectivity index (χ0) is 20.9. The highest BCUT2D eigenvalue weighted by Gasteiger charge is 2.12. The number of ether oxygens (including phenoxy) is 1. The number of carbonyl (C=O) groups excluding carboxylic acids is 1. The van der Waals surface area contributed by atoms with Crippen LogP contribution < -0.4 is 10.1 Å². The fraction of sp³-hybridized carbons (Fsp3) is 0.167. The van der Waals surface area contributed by atoms with E-state index in [9.17, 15) is 9.90 Å². The zero-order valence-electron chi connectivity index (χ0n) is 16.7. The maximum absolute atomic E-state index is 12.2. The molecule has 0 saturated heterocycles. The van der Waals surface area contributed by atoms with Crippen molar-refractivity contribution >= 4 is 22.6 Å². The van der Waals surface area contributed by atoms with Crippen LogP contribution in [0, 0.1) is 6.92 Å². The van der Waals surface area contributed by atoms with Gasteiger partial charge in [-0.15, -0.1) is 0 Å². The van der Waals surface area contributed by atoms with Crippen LogP contribution in [0.4, 0.5) is 5.69 Å². The molecule has 4 rings (SSSR count). The van der Waals surface area contributed by atoms with Crippen LogP contribution in [0.15, 0.2) is 78.9 Å². The van der Waals surface area contributed by atoms with Gasteiger partial charge in [0.05, 0.1) is 17.6 Å². The number of aliphatic hydroxyl groups is 1. The number of amides is 1. The minimum absolute atomic E-state index is 0.154. The van der Waals surface area contributed by atoms with E-state index in [0.29, 0.717) is 23.5 Å². The molecule has 0 spiro atoms. The van der Waals surface area contributed by atoms with E-state index in [1.165, 1.54) is 0 Å². The Bertz CT molecular complexity index is 1140. The van der Waals surface area contributed by atoms with Gasteiger partial charge in [0.1, 0.15) is 24.3 Å². The van der Waals surface area contributed by atoms with Crippen molar-refractivity contribution in [2.24, 2.45) is 0 Å². The van der Waals surface area contributed by atoms with Crippen LogP contribution in [0.3, 0.4) is 0 Å². The predicted molar refractivity (Wildman–Crippen MR) is 117 cm³/mol. The Morgan fingerprint density at radius 1 is 1.03 bits per heavy atom. The topological polar surface area (TPSA) is 76.4 Å². The molecule has 0 unspecified atom stereocenters. The Kier molecular flexibility index (Phi) is 5.77. The first-order valence-corrected chi connectivity index (χ1v) is 9.79. The maximum Gasteiger partial charge on any atom is 0.255 e. The summed E-state index contributed by atoms with van der Waals surface area (Å²) in [6.07, 6.45) is -0.682. The Morgan fingerprint density at radius 3 is 2.50 bits per heavy atom. The van der Waals surface area contributed by atoms with E-state index < -0.39 is 6.10 Å². The molecular weight excluding hydrogens is 378 g/mol. The molecule has 2 N–H and O–H groups in total. The van der Waals surface area contributed by atoms with Gasteiger partial charge in [-0.3, -0.25) is 4.79 Å². The number of nitrogens with one attached hydrogen (secondary N) is 1. The predicted octanol–water partition coefficient (Wildman–Crippen LogP) is 4.04. The van der Waals surface area contributed by atoms with Crippen molar-refractivity contribution in [2.45, 2.75) is 19.6 Å². The molecule has 152 valence electrons. The summed E-state index contributed by atoms with van der Waals surface area (Å²) >= 11 is 0. The average Bonchev–Trinajstić information content (AvgIpc) is 3.09. The van der Waals surface area contributed by atoms with Gasteiger partial charge in [-0.05, 0) is 55.5 Å². The quantitative estimate of drug-likeness (QED) is 0.490. The number of fused-ring (bicyclic) bond motifs is 1. The van der Waals surface area contributed by atoms with Crippen LogP contribution in [-0.4, -0.2) is 33.3 Å². The van der Waals surface area contributed by atoms with Crippen molar-refractivity contribution in [3.63, 3.8) is 0 Å². The average molecular weight is 401 g/mol. The highest BCUT2D eigenvalue weighted by Crippen LogP contribution is 2.18. The lowest BCUT2D eigenvalue weighted by atomic mass is 10.2. The summed E-state index contributed by atoms with van der Waals surface area (Å²) in [4.78, 5) is 16.7. The third-order valence-corrected chi connectivity index (χ3v) is 4.83. The van der Waals surface area contributed by atoms with E-state index in [4.69, 9.17) is 4.74 Å². The Labute approximate surface area is 174 Å². The zero-order valence-corrected chi connectivity index (χ0v) is 16.7. The van der Waals surface area contributed by atoms with Gasteiger partial charge in [0.25, 0.3) is 5.91 Å². The standard InChI is InChI=1S/C24H23N3O3/c1-17-25-22-9-5-6-10-23(22)27(17)15-20(28)16-30-21-13-11-19(12-14-21)26-24(29)18-7-3-2-4-8-18/h2-14,20,28H,15-16H2,1H3,(H,26,29)/t20-/m1/s1. The van der Waals surface area contributed by atoms with E-state index in [1.54, 1.807) is 36.4 Å². The molecule has 4 aromatic rings. The fourth-order valence-electron chi connectivity index (χ4n) is 3.31. The summed E-state index contributed by atoms with van der Waals surface area (Å²) in [5.41, 5.74) is 3.18. The highest BCUT2D eigenvalue weighted by atomic mass is 16.5. The Hall–Kier alpha value is -3.64. The monoisotopic (exact) mass is 401 g/mol. The summed E-state index contributed by atoms with van der Waals surface area (Å²) in [5.74, 6) is 1.32. The third kappa shape index (κ3) is 4.50. The molecule has 30 heavy (non-hydrogen) atoms. The first-order valence-electron chi connectivity index (χ1n) is 9.79. The minimum atomic E-state index is -0.682. The molecule has 1 atom stereocenters. The molecule has 0 aliphatic heterocycles. The smallest absolute Gasteiger partial charge is 0.255 e. The molecule has 3 aromatic carbocycles. The number of hydrogen-bond donors (Lipinski definition) is 2. The third-order valence-electron chi connectivity index (χ3n) is 4.83. The highest BCUT2D eigenvalue weighted by molar-refractivity contribution is 6.04. The number of benzene rings is 3. The van der Waals surface area contributed by atoms with Crippen molar-refractivity contribution in [1.29, 1.82) is 0 Å². The number of rotatable bonds is 7. The second kappa shape index (κ2) is 8.80. The lowest BCUT2D eigenvalue weighted by Gasteiger charge is -2.15. The van der Waals surface area contributed by atoms with E-state index >= 15 is 0 Å². The molecule has 0 saturated carbocycles. The Balaban J connectivity index is 1.32. The molecule has 0 radical (unpaired) electrons. The first kappa shape index (κ1) is 19.7. The molecule has 6 heteroatoms. The number of aliphatic hydroxyl groups excluding tert-OH is 1. The second-order valence-corrected chi connectivity index (χ2v) is 7.07. The van der Waals surface area contributed by atoms with Gasteiger partial charge in [0.2, 0.25) is 0 Å². The van der Waals surface area contributed by atoms with Crippen molar-refractivity contribution < 1.29 is 14.6 Å². The lowest BCUT2D eigenvalue weighted by Crippen LogP contribution is -2.24. The molecule has 1 heterocycles. The van der Waals surface area contributed by atoms with Gasteiger partial charge in [0.15, 0.2) is 0 Å². The minimum Gasteiger partial charge on any atom is -0.491 e. The number of carbonyl (C=O) groups is 1. The molecule has 0 fully saturated rings. The number of imidazole rings is 1. The van der Waals surface area contributed by atoms with Crippen molar-refractivity contribution in [3.8, 4) is 5.75 Å². The van der Waals surface area contributed by atoms with Crippen molar-refractivity contribution in [3.05, 3.63) is 90.3 Å². The molecule has 0 aliphatic rings. The largest absolute Gasteiger partial charge is 0.491 e. The number of para-hydroxylation sites is 2. The van der Waals surface area contributed by atoms with Crippen LogP contribution in [0.2, 0.25) is 0 Å². The van der Waals surface area contributed by atoms with Gasteiger partial charge < -0.3 is 19.7 Å². The van der Waals surface area contributed by atoms with Crippen molar-refractivity contribution in [2.75, 3.05) is 11.9 Å². The van der Waals surface area contributed by atoms with Crippen LogP contribution in [-0.2, 0) is 6.54 Å². The number of aryl methyl sites for hydroxylation is 1. The molecule has 0 bridgehead atoms. The van der Waals surface area contributed by atoms with Gasteiger partial charge in [-0.25, -0.2) is 4.98 Å². The number of hydrogen-bond acceptors (Lipinski definition) is 4. The van der Waals surface area contributed by atoms with E-state index in [-0.39, 0.29) is 12.5 Å². The second-order valence-electron chi connectivity index (χ2n) is 7.07. The summed E-state index contributed by atoms with van der Waals surface area (Å²) in [6.45, 7) is 2.48. The molecule has 1 amide bonds. The fourth-order valence-corrected chi connectivity index (χ4v) is 3.31. The number of aromatic nitrogens is 2. The van der Waals surface area contributed by atoms with Crippen LogP contribution in [0.5, 0.6) is 5.75 Å². The summed E-state index contributed by atoms with van der Waals surface area (Å²) in [5, 5.41) is 13.3. The van der Waals surface area contributed by atoms with E-state index in [0.717, 1.165) is 16.9 Å². The normalized spacial score (nSPS) is 11.9. The summed E-state index contributed by atoms with van der Waals surface area (Å²) in [7, 11) is 0. The van der Waals surface area contributed by atoms with Crippen LogP contribution >= 0.6 is 0 Å². The van der Waals surface area contributed by atoms with Gasteiger partial charge in [-0.1, -0.05) is 30.3 Å². The van der Waals surface area contributed by atoms with E-state index in [1.807, 2.05) is 54.0 Å². The molecule has 0 aliphatic carbocycles. The van der Waals surface area contributed by atoms with Crippen LogP contribution in [0.1, 0.15) is 16.2 Å². The molecule has 1 aromatic heterocycles. The lowest BCUT2D eigenvalue weighted by molar-refractivity contribution is 0.0929.